The minimum absolute atomic E-state index is 0.189. The molecule has 2 aromatic rings. The average molecular weight is 271 g/mol. The van der Waals surface area contributed by atoms with Gasteiger partial charge in [0.25, 0.3) is 0 Å². The third-order valence-electron chi connectivity index (χ3n) is 2.95. The van der Waals surface area contributed by atoms with E-state index in [0.717, 1.165) is 5.56 Å². The number of benzene rings is 1. The Kier molecular flexibility index (Phi) is 3.50. The minimum atomic E-state index is -0.368. The number of aromatic nitrogens is 1. The molecule has 0 N–H and O–H groups in total. The van der Waals surface area contributed by atoms with Crippen LogP contribution in [-0.2, 0) is 11.2 Å². The number of rotatable bonds is 4. The molecule has 20 heavy (non-hydrogen) atoms. The lowest BCUT2D eigenvalue weighted by Crippen LogP contribution is -2.08. The maximum absolute atomic E-state index is 11.9. The van der Waals surface area contributed by atoms with Crippen molar-refractivity contribution in [2.45, 2.75) is 6.42 Å². The first-order chi connectivity index (χ1) is 9.83. The van der Waals surface area contributed by atoms with Crippen LogP contribution in [0.4, 0.5) is 0 Å². The van der Waals surface area contributed by atoms with Gasteiger partial charge < -0.3 is 14.2 Å². The largest absolute Gasteiger partial charge is 0.462 e. The lowest BCUT2D eigenvalue weighted by atomic mass is 10.2. The van der Waals surface area contributed by atoms with Gasteiger partial charge in [0.2, 0.25) is 6.79 Å². The Balaban J connectivity index is 1.57. The molecule has 2 heterocycles. The van der Waals surface area contributed by atoms with Crippen molar-refractivity contribution in [3.05, 3.63) is 53.9 Å². The first-order valence-corrected chi connectivity index (χ1v) is 6.28. The molecule has 0 unspecified atom stereocenters. The van der Waals surface area contributed by atoms with Gasteiger partial charge in [-0.15, -0.1) is 0 Å². The third kappa shape index (κ3) is 2.71. The number of carbonyl (C=O) groups excluding carboxylic acids is 1. The molecule has 0 fully saturated rings. The number of carbonyl (C=O) groups is 1. The normalized spacial score (nSPS) is 12.2. The predicted molar refractivity (Wildman–Crippen MR) is 70.8 cm³/mol. The Morgan fingerprint density at radius 2 is 2.15 bits per heavy atom. The van der Waals surface area contributed by atoms with Gasteiger partial charge in [-0.2, -0.15) is 0 Å². The fraction of sp³-hybridized carbons (Fsp3) is 0.200. The molecule has 102 valence electrons. The second-order valence-electron chi connectivity index (χ2n) is 4.32. The fourth-order valence-corrected chi connectivity index (χ4v) is 1.91. The minimum Gasteiger partial charge on any atom is -0.462 e. The predicted octanol–water partition coefficient (Wildman–Crippen LogP) is 2.21. The van der Waals surface area contributed by atoms with E-state index in [1.807, 2.05) is 12.1 Å². The summed E-state index contributed by atoms with van der Waals surface area (Å²) >= 11 is 0. The Bertz CT molecular complexity index is 613. The van der Waals surface area contributed by atoms with Gasteiger partial charge in [0.15, 0.2) is 11.5 Å². The summed E-state index contributed by atoms with van der Waals surface area (Å²) in [5.41, 5.74) is 1.49. The second kappa shape index (κ2) is 5.61. The van der Waals surface area contributed by atoms with Crippen LogP contribution < -0.4 is 9.47 Å². The van der Waals surface area contributed by atoms with Crippen LogP contribution in [0.25, 0.3) is 0 Å². The number of pyridine rings is 1. The van der Waals surface area contributed by atoms with Crippen molar-refractivity contribution >= 4 is 5.97 Å². The molecule has 0 aliphatic carbocycles. The maximum atomic E-state index is 11.9. The van der Waals surface area contributed by atoms with Crippen molar-refractivity contribution in [1.29, 1.82) is 0 Å². The number of esters is 1. The quantitative estimate of drug-likeness (QED) is 0.798. The molecule has 0 saturated heterocycles. The highest BCUT2D eigenvalue weighted by atomic mass is 16.7. The Hall–Kier alpha value is -2.56. The van der Waals surface area contributed by atoms with E-state index in [2.05, 4.69) is 4.98 Å². The van der Waals surface area contributed by atoms with E-state index in [4.69, 9.17) is 14.2 Å². The van der Waals surface area contributed by atoms with Crippen molar-refractivity contribution in [2.75, 3.05) is 13.4 Å². The van der Waals surface area contributed by atoms with Crippen molar-refractivity contribution in [1.82, 2.24) is 4.98 Å². The molecule has 1 aromatic carbocycles. The summed E-state index contributed by atoms with van der Waals surface area (Å²) in [7, 11) is 0. The average Bonchev–Trinajstić information content (AvgIpc) is 2.95. The topological polar surface area (TPSA) is 57.7 Å². The fourth-order valence-electron chi connectivity index (χ4n) is 1.91. The molecule has 1 aliphatic rings. The summed E-state index contributed by atoms with van der Waals surface area (Å²) in [6.07, 6.45) is 4.11. The number of hydrogen-bond donors (Lipinski definition) is 0. The highest BCUT2D eigenvalue weighted by Crippen LogP contribution is 2.32. The molecule has 0 amide bonds. The molecule has 0 spiro atoms. The van der Waals surface area contributed by atoms with Crippen LogP contribution in [0.2, 0.25) is 0 Å². The smallest absolute Gasteiger partial charge is 0.338 e. The zero-order valence-corrected chi connectivity index (χ0v) is 10.7. The number of hydrogen-bond acceptors (Lipinski definition) is 5. The van der Waals surface area contributed by atoms with Gasteiger partial charge in [0.05, 0.1) is 12.2 Å². The molecular formula is C15H13NO4. The lowest BCUT2D eigenvalue weighted by Gasteiger charge is -2.05. The molecule has 3 rings (SSSR count). The summed E-state index contributed by atoms with van der Waals surface area (Å²) in [4.78, 5) is 15.9. The Morgan fingerprint density at radius 3 is 3.00 bits per heavy atom. The maximum Gasteiger partial charge on any atom is 0.338 e. The van der Waals surface area contributed by atoms with Gasteiger partial charge in [0.1, 0.15) is 0 Å². The van der Waals surface area contributed by atoms with Gasteiger partial charge in [-0.25, -0.2) is 4.79 Å². The van der Waals surface area contributed by atoms with Crippen LogP contribution >= 0.6 is 0 Å². The van der Waals surface area contributed by atoms with E-state index in [1.54, 1.807) is 30.6 Å². The summed E-state index contributed by atoms with van der Waals surface area (Å²) in [5.74, 6) is 0.857. The third-order valence-corrected chi connectivity index (χ3v) is 2.95. The SMILES string of the molecule is O=C(OCCc1cccnc1)c1ccc2c(c1)OCO2. The van der Waals surface area contributed by atoms with Crippen molar-refractivity contribution in [3.8, 4) is 11.5 Å². The molecule has 5 nitrogen and oxygen atoms in total. The van der Waals surface area contributed by atoms with E-state index in [0.29, 0.717) is 30.1 Å². The zero-order chi connectivity index (χ0) is 13.8. The van der Waals surface area contributed by atoms with Crippen LogP contribution in [-0.4, -0.2) is 24.4 Å². The molecule has 1 aromatic heterocycles. The summed E-state index contributed by atoms with van der Waals surface area (Å²) in [6.45, 7) is 0.508. The van der Waals surface area contributed by atoms with Gasteiger partial charge >= 0.3 is 5.97 Å². The molecule has 0 radical (unpaired) electrons. The van der Waals surface area contributed by atoms with E-state index >= 15 is 0 Å². The summed E-state index contributed by atoms with van der Waals surface area (Å²) in [6, 6.07) is 8.81. The van der Waals surface area contributed by atoms with Crippen LogP contribution in [0, 0.1) is 0 Å². The first-order valence-electron chi connectivity index (χ1n) is 6.28. The van der Waals surface area contributed by atoms with Crippen molar-refractivity contribution < 1.29 is 19.0 Å². The van der Waals surface area contributed by atoms with Gasteiger partial charge in [-0.05, 0) is 29.8 Å². The zero-order valence-electron chi connectivity index (χ0n) is 10.7. The summed E-state index contributed by atoms with van der Waals surface area (Å²) in [5, 5.41) is 0. The number of nitrogens with zero attached hydrogens (tertiary/aromatic N) is 1. The van der Waals surface area contributed by atoms with E-state index in [-0.39, 0.29) is 12.8 Å². The van der Waals surface area contributed by atoms with Crippen LogP contribution in [0.1, 0.15) is 15.9 Å². The van der Waals surface area contributed by atoms with Crippen molar-refractivity contribution in [3.63, 3.8) is 0 Å². The van der Waals surface area contributed by atoms with E-state index < -0.39 is 0 Å². The van der Waals surface area contributed by atoms with Gasteiger partial charge in [-0.3, -0.25) is 4.98 Å². The molecule has 0 saturated carbocycles. The van der Waals surface area contributed by atoms with Gasteiger partial charge in [-0.1, -0.05) is 6.07 Å². The standard InChI is InChI=1S/C15H13NO4/c17-15(18-7-5-11-2-1-6-16-9-11)12-3-4-13-14(8-12)20-10-19-13/h1-4,6,8-9H,5,7,10H2. The van der Waals surface area contributed by atoms with Crippen LogP contribution in [0.15, 0.2) is 42.7 Å². The van der Waals surface area contributed by atoms with Crippen molar-refractivity contribution in [2.24, 2.45) is 0 Å². The van der Waals surface area contributed by atoms with E-state index in [9.17, 15) is 4.79 Å². The summed E-state index contributed by atoms with van der Waals surface area (Å²) < 4.78 is 15.6. The monoisotopic (exact) mass is 271 g/mol. The van der Waals surface area contributed by atoms with Crippen LogP contribution in [0.3, 0.4) is 0 Å². The molecular weight excluding hydrogens is 258 g/mol. The Morgan fingerprint density at radius 1 is 1.25 bits per heavy atom. The lowest BCUT2D eigenvalue weighted by molar-refractivity contribution is 0.0509. The molecule has 1 aliphatic heterocycles. The molecule has 5 heteroatoms. The van der Waals surface area contributed by atoms with E-state index in [1.165, 1.54) is 0 Å². The molecule has 0 atom stereocenters. The Labute approximate surface area is 116 Å². The highest BCUT2D eigenvalue weighted by Gasteiger charge is 2.16. The highest BCUT2D eigenvalue weighted by molar-refractivity contribution is 5.90. The number of fused-ring (bicyclic) bond motifs is 1. The number of ether oxygens (including phenoxy) is 3. The van der Waals surface area contributed by atoms with Crippen LogP contribution in [0.5, 0.6) is 11.5 Å². The van der Waals surface area contributed by atoms with Gasteiger partial charge in [0, 0.05) is 18.8 Å². The molecule has 0 bridgehead atoms. The first kappa shape index (κ1) is 12.5. The second-order valence-corrected chi connectivity index (χ2v) is 4.32.